The highest BCUT2D eigenvalue weighted by molar-refractivity contribution is 6.17. The van der Waals surface area contributed by atoms with Crippen LogP contribution in [0.1, 0.15) is 128 Å². The zero-order chi connectivity index (χ0) is 95.6. The summed E-state index contributed by atoms with van der Waals surface area (Å²) >= 11 is 0. The summed E-state index contributed by atoms with van der Waals surface area (Å²) in [5.74, 6) is 0. The van der Waals surface area contributed by atoms with Crippen molar-refractivity contribution in [1.82, 2.24) is 18.3 Å². The van der Waals surface area contributed by atoms with Crippen molar-refractivity contribution in [3.8, 4) is 136 Å². The van der Waals surface area contributed by atoms with Crippen molar-refractivity contribution in [3.05, 3.63) is 425 Å². The number of benzene rings is 18. The Morgan fingerprint density at radius 2 is 0.435 bits per heavy atom. The smallest absolute Gasteiger partial charge is 0.0993 e. The van der Waals surface area contributed by atoms with Gasteiger partial charge in [-0.2, -0.15) is 21.0 Å². The molecule has 0 atom stereocenters. The zero-order valence-corrected chi connectivity index (χ0v) is 81.1. The predicted molar refractivity (Wildman–Crippen MR) is 576 cm³/mol. The lowest BCUT2D eigenvalue weighted by Crippen LogP contribution is -2.06. The van der Waals surface area contributed by atoms with Crippen LogP contribution in [-0.2, 0) is 6.42 Å². The van der Waals surface area contributed by atoms with Crippen molar-refractivity contribution < 1.29 is 0 Å². The van der Waals surface area contributed by atoms with Gasteiger partial charge in [-0.3, -0.25) is 0 Å². The molecule has 0 saturated heterocycles. The van der Waals surface area contributed by atoms with Gasteiger partial charge >= 0.3 is 0 Å². The van der Waals surface area contributed by atoms with Crippen LogP contribution in [0.25, 0.3) is 199 Å². The summed E-state index contributed by atoms with van der Waals surface area (Å²) < 4.78 is 9.58. The van der Waals surface area contributed by atoms with Crippen LogP contribution < -0.4 is 0 Å². The molecule has 0 fully saturated rings. The summed E-state index contributed by atoms with van der Waals surface area (Å²) in [6, 6.07) is 119. The largest absolute Gasteiger partial charge is 0.308 e. The van der Waals surface area contributed by atoms with E-state index in [0.29, 0.717) is 28.7 Å². The lowest BCUT2D eigenvalue weighted by Gasteiger charge is -2.22. The third kappa shape index (κ3) is 14.3. The summed E-state index contributed by atoms with van der Waals surface area (Å²) in [5.41, 5.74) is 52.6. The highest BCUT2D eigenvalue weighted by atomic mass is 15.0. The van der Waals surface area contributed by atoms with Gasteiger partial charge in [0.1, 0.15) is 0 Å². The van der Waals surface area contributed by atoms with Gasteiger partial charge in [-0.15, -0.1) is 0 Å². The van der Waals surface area contributed by atoms with Crippen molar-refractivity contribution in [3.63, 3.8) is 0 Å². The van der Waals surface area contributed by atoms with Crippen LogP contribution in [0.4, 0.5) is 0 Å². The fraction of sp³-hybridized carbons (Fsp3) is 0.138. The van der Waals surface area contributed by atoms with Crippen LogP contribution in [-0.4, -0.2) is 18.3 Å². The molecule has 0 radical (unpaired) electrons. The first-order valence-corrected chi connectivity index (χ1v) is 47.7. The van der Waals surface area contributed by atoms with Gasteiger partial charge in [0.05, 0.1) is 113 Å². The maximum Gasteiger partial charge on any atom is 0.0993 e. The minimum absolute atomic E-state index is 0.475. The first-order valence-electron chi connectivity index (χ1n) is 47.7. The first kappa shape index (κ1) is 86.5. The minimum atomic E-state index is 0.475. The van der Waals surface area contributed by atoms with E-state index < -0.39 is 0 Å². The lowest BCUT2D eigenvalue weighted by atomic mass is 9.89. The standard InChI is InChI=1S/C130H102N8/c1-72-42-78(7)123(79(8)43-72)96-33-40-113-109(62-96)103-26-18-19-27-111(103)135(113)119-58-92(70-133)59-120(129(119)94-24-20-22-90(55-94)68-131)136-112-39-28-89(57-108(112)110-63-97(34-41-114(110)136)124-80(9)44-73(2)45-81(124)10)54-102-53-77(6)52-88(17)128(102)101-32-38-107-106-37-31-100(127-86(15)50-76(5)51-87(127)16)66-117(106)138(118(107)67-101)122-61-93(71-134)60-121(130(122)95-25-21-23-91(56-95)69-132)137-115-64-98(125-82(11)46-74(3)47-83(125)12)29-35-104(115)105-36-30-99(65-116(105)137)126-84(13)48-75(4)49-85(126)14/h18-53,55-67H,54H2,1-17H3. The highest BCUT2D eigenvalue weighted by Gasteiger charge is 2.31. The first-order chi connectivity index (χ1) is 66.7. The van der Waals surface area contributed by atoms with Crippen molar-refractivity contribution in [2.75, 3.05) is 0 Å². The number of nitriles is 4. The molecule has 0 amide bonds. The van der Waals surface area contributed by atoms with Crippen LogP contribution in [0.2, 0.25) is 0 Å². The molecule has 4 aromatic heterocycles. The number of aryl methyl sites for hydroxylation is 17. The molecule has 8 heteroatoms. The van der Waals surface area contributed by atoms with Crippen LogP contribution >= 0.6 is 0 Å². The molecule has 0 spiro atoms. The Kier molecular flexibility index (Phi) is 20.9. The molecule has 0 saturated carbocycles. The topological polar surface area (TPSA) is 115 Å². The van der Waals surface area contributed by atoms with Crippen molar-refractivity contribution in [2.45, 2.75) is 124 Å². The third-order valence-electron chi connectivity index (χ3n) is 29.1. The predicted octanol–water partition coefficient (Wildman–Crippen LogP) is 33.7. The number of fused-ring (bicyclic) bond motifs is 12. The van der Waals surface area contributed by atoms with Gasteiger partial charge in [0.15, 0.2) is 0 Å². The third-order valence-corrected chi connectivity index (χ3v) is 29.1. The second-order valence-electron chi connectivity index (χ2n) is 39.2. The molecule has 0 bridgehead atoms. The quantitative estimate of drug-likeness (QED) is 0.108. The summed E-state index contributed by atoms with van der Waals surface area (Å²) in [6.45, 7) is 37.4. The Labute approximate surface area is 806 Å². The van der Waals surface area contributed by atoms with E-state index in [1.165, 1.54) is 111 Å². The fourth-order valence-corrected chi connectivity index (χ4v) is 24.3. The van der Waals surface area contributed by atoms with E-state index in [9.17, 15) is 21.0 Å². The fourth-order valence-electron chi connectivity index (χ4n) is 24.3. The maximum absolute atomic E-state index is 12.1. The molecule has 138 heavy (non-hydrogen) atoms. The van der Waals surface area contributed by atoms with Gasteiger partial charge in [-0.1, -0.05) is 215 Å². The van der Waals surface area contributed by atoms with E-state index in [2.05, 4.69) is 415 Å². The van der Waals surface area contributed by atoms with E-state index >= 15 is 0 Å². The van der Waals surface area contributed by atoms with Crippen LogP contribution in [0.15, 0.2) is 297 Å². The minimum Gasteiger partial charge on any atom is -0.308 e. The monoisotopic (exact) mass is 1770 g/mol. The number of para-hydroxylation sites is 1. The van der Waals surface area contributed by atoms with Crippen LogP contribution in [0, 0.1) is 163 Å². The molecule has 662 valence electrons. The molecule has 18 aromatic carbocycles. The Hall–Kier alpha value is -16.9. The maximum atomic E-state index is 12.1. The van der Waals surface area contributed by atoms with Gasteiger partial charge in [0.25, 0.3) is 0 Å². The SMILES string of the molecule is Cc1cc(C)c(-c2ccc3c(c2)c2ccccc2n3-c2cc(C#N)cc(-n3c4ccc(Cc5cc(C)cc(C)c5-c5ccc6c7ccc(-c8c(C)cc(C)cc8C)cc7n(-c7cc(C#N)cc(-n8c9cc(-c%10c(C)cc(C)cc%10C)ccc9c9ccc(-c%10c(C)cc(C)cc%10C)cc98)c7-c7cccc(C#N)c7)c6c5)cc4c4cc(-c5c(C)cc(C)cc5C)ccc43)c2-c2cccc(C#N)c2)c(C)c1. The van der Waals surface area contributed by atoms with E-state index in [1.54, 1.807) is 0 Å². The zero-order valence-electron chi connectivity index (χ0n) is 81.1. The molecule has 0 N–H and O–H groups in total. The number of nitrogens with zero attached hydrogens (tertiary/aromatic N) is 8. The molecular formula is C130H102N8. The molecule has 22 aromatic rings. The second kappa shape index (κ2) is 33.3. The summed E-state index contributed by atoms with van der Waals surface area (Å²) in [5, 5.41) is 54.3. The average molecular weight is 1780 g/mol. The molecule has 0 aliphatic carbocycles. The van der Waals surface area contributed by atoms with Gasteiger partial charge in [-0.25, -0.2) is 0 Å². The molecule has 0 aliphatic rings. The molecule has 22 rings (SSSR count). The molecule has 0 unspecified atom stereocenters. The second-order valence-corrected chi connectivity index (χ2v) is 39.2. The van der Waals surface area contributed by atoms with Crippen molar-refractivity contribution >= 4 is 87.2 Å². The van der Waals surface area contributed by atoms with Crippen molar-refractivity contribution in [2.24, 2.45) is 0 Å². The number of hydrogen-bond acceptors (Lipinski definition) is 4. The van der Waals surface area contributed by atoms with E-state index in [-0.39, 0.29) is 0 Å². The Morgan fingerprint density at radius 3 is 0.775 bits per heavy atom. The van der Waals surface area contributed by atoms with Gasteiger partial charge in [0.2, 0.25) is 0 Å². The highest BCUT2D eigenvalue weighted by Crippen LogP contribution is 2.51. The molecular weight excluding hydrogens is 1670 g/mol. The van der Waals surface area contributed by atoms with E-state index in [1.807, 2.05) is 42.5 Å². The van der Waals surface area contributed by atoms with E-state index in [4.69, 9.17) is 0 Å². The normalized spacial score (nSPS) is 11.7. The lowest BCUT2D eigenvalue weighted by molar-refractivity contribution is 1.13. The Morgan fingerprint density at radius 1 is 0.181 bits per heavy atom. The summed E-state index contributed by atoms with van der Waals surface area (Å²) in [7, 11) is 0. The van der Waals surface area contributed by atoms with Gasteiger partial charge in [0, 0.05) is 54.2 Å². The van der Waals surface area contributed by atoms with Gasteiger partial charge in [-0.05, 0) is 390 Å². The Balaban J connectivity index is 0.783. The number of aromatic nitrogens is 4. The Bertz CT molecular complexity index is 9080. The average Bonchev–Trinajstić information content (AvgIpc) is 1.47. The van der Waals surface area contributed by atoms with Crippen LogP contribution in [0.5, 0.6) is 0 Å². The molecule has 8 nitrogen and oxygen atoms in total. The molecule has 0 aliphatic heterocycles. The van der Waals surface area contributed by atoms with Gasteiger partial charge < -0.3 is 18.3 Å². The number of rotatable bonds is 14. The van der Waals surface area contributed by atoms with Crippen LogP contribution in [0.3, 0.4) is 0 Å². The number of hydrogen-bond donors (Lipinski definition) is 0. The van der Waals surface area contributed by atoms with Crippen molar-refractivity contribution in [1.29, 1.82) is 21.0 Å². The molecule has 4 heterocycles. The summed E-state index contributed by atoms with van der Waals surface area (Å²) in [6.07, 6.45) is 0.566. The summed E-state index contributed by atoms with van der Waals surface area (Å²) in [4.78, 5) is 0. The van der Waals surface area contributed by atoms with E-state index in [0.717, 1.165) is 193 Å².